The molecular weight excluding hydrogens is 330 g/mol. The van der Waals surface area contributed by atoms with Gasteiger partial charge in [-0.2, -0.15) is 0 Å². The van der Waals surface area contributed by atoms with E-state index in [0.29, 0.717) is 5.75 Å². The van der Waals surface area contributed by atoms with Crippen LogP contribution in [0.5, 0.6) is 0 Å². The first-order valence-corrected chi connectivity index (χ1v) is 9.58. The maximum Gasteiger partial charge on any atom is 0.271 e. The highest BCUT2D eigenvalue weighted by Gasteiger charge is 2.57. The Morgan fingerprint density at radius 3 is 2.62 bits per heavy atom. The van der Waals surface area contributed by atoms with Crippen LogP contribution in [0, 0.1) is 0 Å². The summed E-state index contributed by atoms with van der Waals surface area (Å²) in [6.45, 7) is 6.22. The van der Waals surface area contributed by atoms with Gasteiger partial charge in [-0.1, -0.05) is 15.9 Å². The Morgan fingerprint density at radius 2 is 2.12 bits per heavy atom. The maximum atomic E-state index is 11.6. The number of thioether (sulfide) groups is 2. The zero-order valence-corrected chi connectivity index (χ0v) is 13.3. The third-order valence-corrected chi connectivity index (χ3v) is 10.1. The normalized spacial score (nSPS) is 36.4. The Bertz CT molecular complexity index is 428. The monoisotopic (exact) mass is 344 g/mol. The van der Waals surface area contributed by atoms with Gasteiger partial charge in [0.05, 0.1) is 16.8 Å². The lowest BCUT2D eigenvalue weighted by Gasteiger charge is -2.13. The van der Waals surface area contributed by atoms with Crippen molar-refractivity contribution < 1.29 is 13.0 Å². The minimum atomic E-state index is -2.85. The molecule has 2 atom stereocenters. The molecule has 2 aliphatic rings. The first-order chi connectivity index (χ1) is 7.40. The van der Waals surface area contributed by atoms with Gasteiger partial charge in [0.1, 0.15) is 16.7 Å². The molecule has 2 rings (SSSR count). The van der Waals surface area contributed by atoms with Gasteiger partial charge in [0.2, 0.25) is 0 Å². The highest BCUT2D eigenvalue weighted by molar-refractivity contribution is 9.12. The van der Waals surface area contributed by atoms with Crippen LogP contribution in [-0.2, 0) is 9.84 Å². The van der Waals surface area contributed by atoms with Crippen molar-refractivity contribution in [3.8, 4) is 0 Å². The Hall–Kier alpha value is 0.800. The molecule has 0 amide bonds. The summed E-state index contributed by atoms with van der Waals surface area (Å²) >= 11 is 7.04. The minimum absolute atomic E-state index is 0.165. The molecule has 0 aromatic heterocycles. The summed E-state index contributed by atoms with van der Waals surface area (Å²) in [7, 11) is -2.85. The molecule has 0 aliphatic carbocycles. The van der Waals surface area contributed by atoms with Crippen molar-refractivity contribution in [2.24, 2.45) is 0 Å². The molecule has 2 aliphatic heterocycles. The zero-order chi connectivity index (χ0) is 12.0. The number of hydrogen-bond donors (Lipinski definition) is 0. The second-order valence-electron chi connectivity index (χ2n) is 3.99. The zero-order valence-electron chi connectivity index (χ0n) is 9.27. The van der Waals surface area contributed by atoms with Crippen molar-refractivity contribution in [1.29, 1.82) is 0 Å². The lowest BCUT2D eigenvalue weighted by atomic mass is 10.4. The molecule has 0 spiro atoms. The summed E-state index contributed by atoms with van der Waals surface area (Å²) in [5.74, 6) is 0.563. The highest BCUT2D eigenvalue weighted by Crippen LogP contribution is 2.56. The smallest absolute Gasteiger partial charge is 0.229 e. The van der Waals surface area contributed by atoms with Gasteiger partial charge in [0.25, 0.3) is 4.38 Å². The van der Waals surface area contributed by atoms with E-state index in [1.54, 1.807) is 23.5 Å². The molecular formula is C9H15BrNO2S3+. The van der Waals surface area contributed by atoms with Gasteiger partial charge in [-0.3, -0.25) is 0 Å². The topological polar surface area (TPSA) is 37.1 Å². The third-order valence-electron chi connectivity index (χ3n) is 2.82. The van der Waals surface area contributed by atoms with E-state index >= 15 is 0 Å². The summed E-state index contributed by atoms with van der Waals surface area (Å²) < 4.78 is 26.4. The van der Waals surface area contributed by atoms with Crippen LogP contribution in [0.4, 0.5) is 0 Å². The lowest BCUT2D eigenvalue weighted by molar-refractivity contribution is -0.515. The van der Waals surface area contributed by atoms with Gasteiger partial charge >= 0.3 is 0 Å². The number of alkyl halides is 1. The lowest BCUT2D eigenvalue weighted by Crippen LogP contribution is -2.23. The van der Waals surface area contributed by atoms with Crippen LogP contribution in [0.1, 0.15) is 13.8 Å². The SMILES string of the molecule is CC[N+](CC)=C1SC2CS(=O)(=O)CC2(Br)S1. The predicted octanol–water partition coefficient (Wildman–Crippen LogP) is 1.76. The molecule has 0 radical (unpaired) electrons. The maximum absolute atomic E-state index is 11.6. The van der Waals surface area contributed by atoms with Gasteiger partial charge in [0, 0.05) is 0 Å². The summed E-state index contributed by atoms with van der Waals surface area (Å²) in [5, 5.41) is 0.165. The molecule has 2 heterocycles. The summed E-state index contributed by atoms with van der Waals surface area (Å²) in [6, 6.07) is 0. The quantitative estimate of drug-likeness (QED) is 0.565. The van der Waals surface area contributed by atoms with Crippen molar-refractivity contribution in [3.05, 3.63) is 0 Å². The molecule has 16 heavy (non-hydrogen) atoms. The summed E-state index contributed by atoms with van der Waals surface area (Å²) in [4.78, 5) is 0. The van der Waals surface area contributed by atoms with Crippen LogP contribution in [0.25, 0.3) is 0 Å². The second kappa shape index (κ2) is 4.48. The van der Waals surface area contributed by atoms with E-state index in [1.165, 1.54) is 4.38 Å². The largest absolute Gasteiger partial charge is 0.271 e. The second-order valence-corrected chi connectivity index (χ2v) is 10.8. The number of halogens is 1. The van der Waals surface area contributed by atoms with Crippen molar-refractivity contribution in [2.45, 2.75) is 22.8 Å². The first kappa shape index (κ1) is 13.2. The fraction of sp³-hybridized carbons (Fsp3) is 0.889. The van der Waals surface area contributed by atoms with E-state index in [4.69, 9.17) is 0 Å². The molecule has 0 N–H and O–H groups in total. The van der Waals surface area contributed by atoms with Crippen molar-refractivity contribution in [2.75, 3.05) is 24.6 Å². The molecule has 0 aromatic carbocycles. The molecule has 0 bridgehead atoms. The molecule has 0 aromatic rings. The van der Waals surface area contributed by atoms with Crippen LogP contribution >= 0.6 is 39.5 Å². The average Bonchev–Trinajstić information content (AvgIpc) is 2.53. The number of sulfone groups is 1. The van der Waals surface area contributed by atoms with E-state index in [2.05, 4.69) is 34.4 Å². The van der Waals surface area contributed by atoms with Gasteiger partial charge < -0.3 is 0 Å². The molecule has 0 saturated carbocycles. The number of nitrogens with zero attached hydrogens (tertiary/aromatic N) is 1. The molecule has 7 heteroatoms. The fourth-order valence-electron chi connectivity index (χ4n) is 1.94. The van der Waals surface area contributed by atoms with Crippen molar-refractivity contribution in [1.82, 2.24) is 0 Å². The van der Waals surface area contributed by atoms with E-state index in [-0.39, 0.29) is 14.7 Å². The van der Waals surface area contributed by atoms with E-state index in [0.717, 1.165) is 13.1 Å². The Kier molecular flexibility index (Phi) is 3.70. The van der Waals surface area contributed by atoms with Crippen LogP contribution < -0.4 is 0 Å². The molecule has 2 fully saturated rings. The molecule has 2 unspecified atom stereocenters. The Labute approximate surface area is 113 Å². The van der Waals surface area contributed by atoms with Crippen LogP contribution in [0.3, 0.4) is 0 Å². The number of rotatable bonds is 2. The van der Waals surface area contributed by atoms with E-state index in [9.17, 15) is 8.42 Å². The molecule has 3 nitrogen and oxygen atoms in total. The fourth-order valence-corrected chi connectivity index (χ4v) is 11.0. The molecule has 2 saturated heterocycles. The third kappa shape index (κ3) is 2.33. The molecule has 92 valence electrons. The summed E-state index contributed by atoms with van der Waals surface area (Å²) in [6.07, 6.45) is 0. The standard InChI is InChI=1S/C9H15BrNO2S3/c1-3-11(4-2)8-14-7-5-16(12,13)6-9(7,10)15-8/h7H,3-6H2,1-2H3/q+1. The Morgan fingerprint density at radius 1 is 1.50 bits per heavy atom. The Balaban J connectivity index is 2.26. The minimum Gasteiger partial charge on any atom is -0.229 e. The van der Waals surface area contributed by atoms with Crippen LogP contribution in [-0.4, -0.2) is 50.9 Å². The van der Waals surface area contributed by atoms with Gasteiger partial charge in [-0.15, -0.1) is 0 Å². The van der Waals surface area contributed by atoms with Gasteiger partial charge in [-0.25, -0.2) is 13.0 Å². The van der Waals surface area contributed by atoms with Crippen LogP contribution in [0.15, 0.2) is 0 Å². The van der Waals surface area contributed by atoms with E-state index in [1.807, 2.05) is 0 Å². The number of fused-ring (bicyclic) bond motifs is 1. The van der Waals surface area contributed by atoms with Gasteiger partial charge in [-0.05, 0) is 37.4 Å². The predicted molar refractivity (Wildman–Crippen MR) is 75.6 cm³/mol. The summed E-state index contributed by atoms with van der Waals surface area (Å²) in [5.41, 5.74) is 0. The average molecular weight is 345 g/mol. The highest BCUT2D eigenvalue weighted by atomic mass is 79.9. The first-order valence-electron chi connectivity index (χ1n) is 5.27. The van der Waals surface area contributed by atoms with Crippen LogP contribution in [0.2, 0.25) is 0 Å². The van der Waals surface area contributed by atoms with Gasteiger partial charge in [0.15, 0.2) is 9.84 Å². The number of hydrogen-bond acceptors (Lipinski definition) is 4. The van der Waals surface area contributed by atoms with Crippen molar-refractivity contribution in [3.63, 3.8) is 0 Å². The van der Waals surface area contributed by atoms with E-state index < -0.39 is 9.84 Å². The van der Waals surface area contributed by atoms with Crippen molar-refractivity contribution >= 4 is 53.7 Å².